The molecule has 5 nitrogen and oxygen atoms in total. The number of halogens is 1. The van der Waals surface area contributed by atoms with Crippen LogP contribution in [0.15, 0.2) is 9.98 Å². The Bertz CT molecular complexity index is 369. The molecule has 0 radical (unpaired) electrons. The minimum absolute atomic E-state index is 0.0911. The Morgan fingerprint density at radius 3 is 2.23 bits per heavy atom. The summed E-state index contributed by atoms with van der Waals surface area (Å²) in [5.41, 5.74) is 0.208. The van der Waals surface area contributed by atoms with Gasteiger partial charge in [0, 0.05) is 13.3 Å². The van der Waals surface area contributed by atoms with Crippen molar-refractivity contribution in [1.82, 2.24) is 0 Å². The Labute approximate surface area is 82.0 Å². The largest absolute Gasteiger partial charge is 0.275 e. The molecule has 0 heterocycles. The lowest BCUT2D eigenvalue weighted by Crippen LogP contribution is -2.13. The van der Waals surface area contributed by atoms with Gasteiger partial charge < -0.3 is 0 Å². The highest BCUT2D eigenvalue weighted by Gasteiger charge is 2.10. The maximum Gasteiger partial charge on any atom is 0.239 e. The van der Waals surface area contributed by atoms with Crippen LogP contribution >= 0.6 is 11.6 Å². The topological polar surface area (TPSA) is 82.7 Å². The van der Waals surface area contributed by atoms with Crippen molar-refractivity contribution in [2.75, 3.05) is 13.3 Å². The molecule has 0 rings (SSSR count). The summed E-state index contributed by atoms with van der Waals surface area (Å²) in [6.07, 6.45) is 0.906. The number of sulfone groups is 1. The summed E-state index contributed by atoms with van der Waals surface area (Å²) >= 11 is 5.54. The molecule has 0 saturated carbocycles. The van der Waals surface area contributed by atoms with E-state index in [2.05, 4.69) is 9.98 Å². The predicted molar refractivity (Wildman–Crippen MR) is 54.9 cm³/mol. The Morgan fingerprint density at radius 1 is 1.46 bits per heavy atom. The van der Waals surface area contributed by atoms with Crippen LogP contribution in [-0.2, 0) is 9.84 Å². The van der Waals surface area contributed by atoms with E-state index in [9.17, 15) is 8.42 Å². The second-order valence-electron chi connectivity index (χ2n) is 2.29. The van der Waals surface area contributed by atoms with Crippen LogP contribution < -0.4 is 0 Å². The molecule has 0 bridgehead atoms. The first-order valence-electron chi connectivity index (χ1n) is 3.25. The fraction of sp³-hybridized carbons (Fsp3) is 0.500. The summed E-state index contributed by atoms with van der Waals surface area (Å²) < 4.78 is 21.5. The Kier molecular flexibility index (Phi) is 4.22. The van der Waals surface area contributed by atoms with Crippen LogP contribution in [0.25, 0.3) is 0 Å². The van der Waals surface area contributed by atoms with Crippen molar-refractivity contribution in [1.29, 1.82) is 5.41 Å². The first kappa shape index (κ1) is 12.2. The molecular formula is C6H10ClN3O2S. The number of amidine groups is 1. The molecule has 0 aromatic heterocycles. The average molecular weight is 224 g/mol. The van der Waals surface area contributed by atoms with E-state index < -0.39 is 15.0 Å². The first-order chi connectivity index (χ1) is 5.79. The van der Waals surface area contributed by atoms with Gasteiger partial charge in [0.2, 0.25) is 15.0 Å². The van der Waals surface area contributed by atoms with Gasteiger partial charge in [0.05, 0.1) is 5.71 Å². The molecule has 7 heteroatoms. The summed E-state index contributed by atoms with van der Waals surface area (Å²) in [5, 5.41) is 6.43. The van der Waals surface area contributed by atoms with E-state index >= 15 is 0 Å². The van der Waals surface area contributed by atoms with Gasteiger partial charge in [-0.05, 0) is 6.92 Å². The fourth-order valence-electron chi connectivity index (χ4n) is 0.443. The average Bonchev–Trinajstić information content (AvgIpc) is 2.01. The maximum atomic E-state index is 10.8. The van der Waals surface area contributed by atoms with Crippen molar-refractivity contribution in [3.63, 3.8) is 0 Å². The number of nitrogens with one attached hydrogen (secondary N) is 1. The van der Waals surface area contributed by atoms with Crippen LogP contribution in [0.4, 0.5) is 0 Å². The molecule has 0 aromatic rings. The Hall–Kier alpha value is -0.750. The van der Waals surface area contributed by atoms with E-state index in [0.717, 1.165) is 6.26 Å². The number of hydrogen-bond donors (Lipinski definition) is 1. The zero-order valence-corrected chi connectivity index (χ0v) is 9.07. The third-order valence-corrected chi connectivity index (χ3v) is 2.35. The molecule has 74 valence electrons. The fourth-order valence-corrected chi connectivity index (χ4v) is 0.788. The van der Waals surface area contributed by atoms with Gasteiger partial charge in [-0.3, -0.25) is 10.4 Å². The highest BCUT2D eigenvalue weighted by Crippen LogP contribution is 1.95. The smallest absolute Gasteiger partial charge is 0.239 e. The third-order valence-electron chi connectivity index (χ3n) is 1.12. The van der Waals surface area contributed by atoms with Gasteiger partial charge >= 0.3 is 0 Å². The van der Waals surface area contributed by atoms with Gasteiger partial charge in [0.25, 0.3) is 0 Å². The van der Waals surface area contributed by atoms with Crippen LogP contribution in [0.3, 0.4) is 0 Å². The third kappa shape index (κ3) is 4.14. The highest BCUT2D eigenvalue weighted by atomic mass is 35.5. The van der Waals surface area contributed by atoms with E-state index in [1.165, 1.54) is 14.0 Å². The van der Waals surface area contributed by atoms with Gasteiger partial charge in [-0.2, -0.15) is 0 Å². The molecule has 13 heavy (non-hydrogen) atoms. The minimum atomic E-state index is -3.56. The summed E-state index contributed by atoms with van der Waals surface area (Å²) in [5.74, 6) is 0. The summed E-state index contributed by atoms with van der Waals surface area (Å²) in [7, 11) is -2.11. The molecule has 0 atom stereocenters. The van der Waals surface area contributed by atoms with Crippen LogP contribution in [0.2, 0.25) is 0 Å². The van der Waals surface area contributed by atoms with Crippen molar-refractivity contribution in [3.8, 4) is 0 Å². The quantitative estimate of drug-likeness (QED) is 0.524. The Morgan fingerprint density at radius 2 is 1.92 bits per heavy atom. The standard InChI is InChI=1S/C6H10ClN3O2S/c1-4(5(7)9-2)10-6(8)13(3,11)12/h8H,1-3H3/b8-6?,9-5+,10-4+. The highest BCUT2D eigenvalue weighted by molar-refractivity contribution is 8.05. The lowest BCUT2D eigenvalue weighted by atomic mass is 10.5. The van der Waals surface area contributed by atoms with Crippen molar-refractivity contribution in [2.24, 2.45) is 9.98 Å². The van der Waals surface area contributed by atoms with Gasteiger partial charge in [-0.25, -0.2) is 13.4 Å². The van der Waals surface area contributed by atoms with Gasteiger partial charge in [-0.1, -0.05) is 11.6 Å². The van der Waals surface area contributed by atoms with Gasteiger partial charge in [0.15, 0.2) is 0 Å². The second kappa shape index (κ2) is 4.48. The van der Waals surface area contributed by atoms with E-state index in [0.29, 0.717) is 0 Å². The normalized spacial score (nSPS) is 14.5. The molecule has 1 N–H and O–H groups in total. The van der Waals surface area contributed by atoms with Crippen LogP contribution in [0, 0.1) is 5.41 Å². The van der Waals surface area contributed by atoms with Crippen molar-refractivity contribution < 1.29 is 8.42 Å². The number of nitrogens with zero attached hydrogens (tertiary/aromatic N) is 2. The monoisotopic (exact) mass is 223 g/mol. The molecule has 0 aliphatic carbocycles. The zero-order chi connectivity index (χ0) is 10.6. The van der Waals surface area contributed by atoms with E-state index in [4.69, 9.17) is 17.0 Å². The first-order valence-corrected chi connectivity index (χ1v) is 5.52. The molecule has 0 unspecified atom stereocenters. The zero-order valence-electron chi connectivity index (χ0n) is 7.50. The molecule has 0 fully saturated rings. The SMILES string of the molecule is C/N=C(Cl)\C(C)=N\C(=N)S(C)(=O)=O. The van der Waals surface area contributed by atoms with Crippen molar-refractivity contribution in [3.05, 3.63) is 0 Å². The lowest BCUT2D eigenvalue weighted by molar-refractivity contribution is 0.612. The molecule has 0 spiro atoms. The molecule has 0 aromatic carbocycles. The molecular weight excluding hydrogens is 214 g/mol. The van der Waals surface area contributed by atoms with Crippen LogP contribution in [0.1, 0.15) is 6.92 Å². The minimum Gasteiger partial charge on any atom is -0.275 e. The molecule has 0 aliphatic heterocycles. The van der Waals surface area contributed by atoms with E-state index in [-0.39, 0.29) is 10.9 Å². The summed E-state index contributed by atoms with van der Waals surface area (Å²) in [6.45, 7) is 1.48. The molecule has 0 aliphatic rings. The van der Waals surface area contributed by atoms with Crippen LogP contribution in [0.5, 0.6) is 0 Å². The van der Waals surface area contributed by atoms with Crippen LogP contribution in [-0.4, -0.2) is 37.8 Å². The summed E-state index contributed by atoms with van der Waals surface area (Å²) in [4.78, 5) is 7.05. The van der Waals surface area contributed by atoms with Gasteiger partial charge in [0.1, 0.15) is 5.17 Å². The molecule has 0 amide bonds. The van der Waals surface area contributed by atoms with E-state index in [1.807, 2.05) is 0 Å². The second-order valence-corrected chi connectivity index (χ2v) is 4.58. The van der Waals surface area contributed by atoms with Crippen molar-refractivity contribution in [2.45, 2.75) is 6.92 Å². The van der Waals surface area contributed by atoms with E-state index in [1.54, 1.807) is 0 Å². The van der Waals surface area contributed by atoms with Crippen molar-refractivity contribution >= 4 is 37.5 Å². The number of hydrogen-bond acceptors (Lipinski definition) is 4. The van der Waals surface area contributed by atoms with Gasteiger partial charge in [-0.15, -0.1) is 0 Å². The number of aliphatic imine (C=N–C) groups is 2. The predicted octanol–water partition coefficient (Wildman–Crippen LogP) is 0.694. The summed E-state index contributed by atoms with van der Waals surface area (Å²) in [6, 6.07) is 0. The molecule has 0 saturated heterocycles. The lowest BCUT2D eigenvalue weighted by Gasteiger charge is -1.96. The Balaban J connectivity index is 4.91. The number of rotatable bonds is 1. The maximum absolute atomic E-state index is 10.8.